The number of aliphatic hydroxyl groups excluding tert-OH is 1. The van der Waals surface area contributed by atoms with Gasteiger partial charge >= 0.3 is 0 Å². The average Bonchev–Trinajstić information content (AvgIpc) is 3.00. The standard InChI is InChI=1S/C18H19N3O/c1-14-10-11-21(20-14)18-5-3-2-4-17(18)19-12-15-6-8-16(13-22)9-7-15/h2-11,19,22H,12-13H2,1H3. The third-order valence-electron chi connectivity index (χ3n) is 3.56. The van der Waals surface area contributed by atoms with E-state index in [2.05, 4.69) is 16.5 Å². The molecule has 22 heavy (non-hydrogen) atoms. The molecule has 4 nitrogen and oxygen atoms in total. The highest BCUT2D eigenvalue weighted by molar-refractivity contribution is 5.60. The van der Waals surface area contributed by atoms with Crippen LogP contribution in [0.25, 0.3) is 5.69 Å². The number of hydrogen-bond donors (Lipinski definition) is 2. The Morgan fingerprint density at radius 2 is 1.73 bits per heavy atom. The summed E-state index contributed by atoms with van der Waals surface area (Å²) in [5, 5.41) is 17.0. The number of benzene rings is 2. The molecule has 0 unspecified atom stereocenters. The van der Waals surface area contributed by atoms with Crippen molar-refractivity contribution in [3.8, 4) is 5.69 Å². The van der Waals surface area contributed by atoms with Gasteiger partial charge in [0.2, 0.25) is 0 Å². The molecule has 0 aliphatic carbocycles. The Labute approximate surface area is 130 Å². The lowest BCUT2D eigenvalue weighted by Crippen LogP contribution is -2.05. The van der Waals surface area contributed by atoms with E-state index in [0.29, 0.717) is 0 Å². The van der Waals surface area contributed by atoms with E-state index in [1.807, 2.05) is 66.3 Å². The number of aryl methyl sites for hydroxylation is 1. The minimum absolute atomic E-state index is 0.0786. The minimum Gasteiger partial charge on any atom is -0.392 e. The Morgan fingerprint density at radius 3 is 2.41 bits per heavy atom. The molecule has 0 fully saturated rings. The molecular weight excluding hydrogens is 274 g/mol. The molecule has 112 valence electrons. The van der Waals surface area contributed by atoms with Crippen LogP contribution in [0.2, 0.25) is 0 Å². The van der Waals surface area contributed by atoms with E-state index in [1.54, 1.807) is 0 Å². The van der Waals surface area contributed by atoms with Crippen LogP contribution in [0, 0.1) is 6.92 Å². The van der Waals surface area contributed by atoms with E-state index >= 15 is 0 Å². The highest BCUT2D eigenvalue weighted by atomic mass is 16.3. The molecule has 3 rings (SSSR count). The first-order valence-electron chi connectivity index (χ1n) is 7.30. The molecular formula is C18H19N3O. The van der Waals surface area contributed by atoms with Crippen molar-refractivity contribution >= 4 is 5.69 Å². The molecule has 1 heterocycles. The van der Waals surface area contributed by atoms with Gasteiger partial charge in [-0.05, 0) is 36.2 Å². The molecule has 0 atom stereocenters. The number of para-hydroxylation sites is 2. The lowest BCUT2D eigenvalue weighted by molar-refractivity contribution is 0.282. The van der Waals surface area contributed by atoms with Crippen LogP contribution < -0.4 is 5.32 Å². The second-order valence-electron chi connectivity index (χ2n) is 5.25. The number of aliphatic hydroxyl groups is 1. The summed E-state index contributed by atoms with van der Waals surface area (Å²) in [6, 6.07) is 18.0. The Balaban J connectivity index is 1.77. The lowest BCUT2D eigenvalue weighted by Gasteiger charge is -2.12. The van der Waals surface area contributed by atoms with Gasteiger partial charge in [-0.3, -0.25) is 0 Å². The van der Waals surface area contributed by atoms with E-state index in [9.17, 15) is 0 Å². The van der Waals surface area contributed by atoms with Gasteiger partial charge in [0.1, 0.15) is 0 Å². The first-order chi connectivity index (χ1) is 10.8. The average molecular weight is 293 g/mol. The Morgan fingerprint density at radius 1 is 1.00 bits per heavy atom. The maximum Gasteiger partial charge on any atom is 0.0877 e. The van der Waals surface area contributed by atoms with Crippen LogP contribution in [-0.4, -0.2) is 14.9 Å². The van der Waals surface area contributed by atoms with Crippen LogP contribution in [0.4, 0.5) is 5.69 Å². The molecule has 0 spiro atoms. The smallest absolute Gasteiger partial charge is 0.0877 e. The molecule has 0 amide bonds. The molecule has 2 aromatic carbocycles. The molecule has 0 saturated heterocycles. The van der Waals surface area contributed by atoms with Crippen molar-refractivity contribution in [2.75, 3.05) is 5.32 Å². The van der Waals surface area contributed by atoms with Gasteiger partial charge in [-0.25, -0.2) is 4.68 Å². The van der Waals surface area contributed by atoms with Crippen molar-refractivity contribution in [2.45, 2.75) is 20.1 Å². The third kappa shape index (κ3) is 3.18. The molecule has 0 radical (unpaired) electrons. The first-order valence-corrected chi connectivity index (χ1v) is 7.30. The van der Waals surface area contributed by atoms with Gasteiger partial charge in [-0.2, -0.15) is 5.10 Å². The summed E-state index contributed by atoms with van der Waals surface area (Å²) in [5.41, 5.74) is 5.16. The number of anilines is 1. The van der Waals surface area contributed by atoms with E-state index in [-0.39, 0.29) is 6.61 Å². The van der Waals surface area contributed by atoms with Gasteiger partial charge in [0.25, 0.3) is 0 Å². The van der Waals surface area contributed by atoms with E-state index < -0.39 is 0 Å². The van der Waals surface area contributed by atoms with Crippen LogP contribution in [0.1, 0.15) is 16.8 Å². The molecule has 2 N–H and O–H groups in total. The van der Waals surface area contributed by atoms with Crippen LogP contribution in [0.3, 0.4) is 0 Å². The maximum absolute atomic E-state index is 9.08. The van der Waals surface area contributed by atoms with Gasteiger partial charge in [0.05, 0.1) is 23.7 Å². The molecule has 0 aliphatic rings. The van der Waals surface area contributed by atoms with Gasteiger partial charge in [-0.1, -0.05) is 36.4 Å². The topological polar surface area (TPSA) is 50.1 Å². The summed E-state index contributed by atoms with van der Waals surface area (Å²) < 4.78 is 1.88. The summed E-state index contributed by atoms with van der Waals surface area (Å²) in [7, 11) is 0. The molecule has 1 aromatic heterocycles. The zero-order chi connectivity index (χ0) is 15.4. The summed E-state index contributed by atoms with van der Waals surface area (Å²) in [5.74, 6) is 0. The van der Waals surface area contributed by atoms with Crippen molar-refractivity contribution in [1.82, 2.24) is 9.78 Å². The molecule has 0 bridgehead atoms. The van der Waals surface area contributed by atoms with Gasteiger partial charge in [0, 0.05) is 12.7 Å². The molecule has 4 heteroatoms. The van der Waals surface area contributed by atoms with Crippen LogP contribution in [0.5, 0.6) is 0 Å². The van der Waals surface area contributed by atoms with E-state index in [4.69, 9.17) is 5.11 Å². The predicted octanol–water partition coefficient (Wildman–Crippen LogP) is 3.29. The fourth-order valence-corrected chi connectivity index (χ4v) is 2.33. The van der Waals surface area contributed by atoms with E-state index in [1.165, 1.54) is 5.56 Å². The Kier molecular flexibility index (Phi) is 4.21. The zero-order valence-electron chi connectivity index (χ0n) is 12.5. The largest absolute Gasteiger partial charge is 0.392 e. The first kappa shape index (κ1) is 14.4. The highest BCUT2D eigenvalue weighted by Crippen LogP contribution is 2.20. The van der Waals surface area contributed by atoms with Crippen molar-refractivity contribution in [3.05, 3.63) is 77.6 Å². The van der Waals surface area contributed by atoms with Crippen molar-refractivity contribution in [1.29, 1.82) is 0 Å². The normalized spacial score (nSPS) is 10.6. The van der Waals surface area contributed by atoms with Crippen molar-refractivity contribution in [3.63, 3.8) is 0 Å². The fraction of sp³-hybridized carbons (Fsp3) is 0.167. The number of rotatable bonds is 5. The second kappa shape index (κ2) is 6.45. The van der Waals surface area contributed by atoms with Crippen LogP contribution in [-0.2, 0) is 13.2 Å². The second-order valence-corrected chi connectivity index (χ2v) is 5.25. The predicted molar refractivity (Wildman–Crippen MR) is 88.0 cm³/mol. The van der Waals surface area contributed by atoms with E-state index in [0.717, 1.165) is 29.2 Å². The molecule has 0 saturated carbocycles. The number of hydrogen-bond acceptors (Lipinski definition) is 3. The van der Waals surface area contributed by atoms with Crippen molar-refractivity contribution in [2.24, 2.45) is 0 Å². The lowest BCUT2D eigenvalue weighted by atomic mass is 10.1. The van der Waals surface area contributed by atoms with Gasteiger partial charge in [-0.15, -0.1) is 0 Å². The maximum atomic E-state index is 9.08. The van der Waals surface area contributed by atoms with Crippen LogP contribution >= 0.6 is 0 Å². The Bertz CT molecular complexity index is 747. The monoisotopic (exact) mass is 293 g/mol. The Hall–Kier alpha value is -2.59. The number of nitrogens with one attached hydrogen (secondary N) is 1. The number of nitrogens with zero attached hydrogens (tertiary/aromatic N) is 2. The number of aromatic nitrogens is 2. The summed E-state index contributed by atoms with van der Waals surface area (Å²) in [6.07, 6.45) is 1.96. The zero-order valence-corrected chi connectivity index (χ0v) is 12.5. The summed E-state index contributed by atoms with van der Waals surface area (Å²) in [4.78, 5) is 0. The summed E-state index contributed by atoms with van der Waals surface area (Å²) >= 11 is 0. The quantitative estimate of drug-likeness (QED) is 0.759. The molecule has 3 aromatic rings. The third-order valence-corrected chi connectivity index (χ3v) is 3.56. The van der Waals surface area contributed by atoms with Gasteiger partial charge in [0.15, 0.2) is 0 Å². The minimum atomic E-state index is 0.0786. The summed E-state index contributed by atoms with van der Waals surface area (Å²) in [6.45, 7) is 2.79. The van der Waals surface area contributed by atoms with Crippen LogP contribution in [0.15, 0.2) is 60.8 Å². The molecule has 0 aliphatic heterocycles. The van der Waals surface area contributed by atoms with Gasteiger partial charge < -0.3 is 10.4 Å². The SMILES string of the molecule is Cc1ccn(-c2ccccc2NCc2ccc(CO)cc2)n1. The fourth-order valence-electron chi connectivity index (χ4n) is 2.33. The van der Waals surface area contributed by atoms with Crippen molar-refractivity contribution < 1.29 is 5.11 Å². The highest BCUT2D eigenvalue weighted by Gasteiger charge is 2.05.